The van der Waals surface area contributed by atoms with E-state index in [-0.39, 0.29) is 0 Å². The molecule has 0 aliphatic heterocycles. The van der Waals surface area contributed by atoms with Gasteiger partial charge in [0.1, 0.15) is 0 Å². The molecule has 0 saturated heterocycles. The molecule has 0 spiro atoms. The molecule has 0 N–H and O–H groups in total. The van der Waals surface area contributed by atoms with Crippen molar-refractivity contribution in [2.75, 3.05) is 0 Å². The third kappa shape index (κ3) is 3.96. The lowest BCUT2D eigenvalue weighted by Gasteiger charge is -1.77. The summed E-state index contributed by atoms with van der Waals surface area (Å²) in [6, 6.07) is 0. The molecule has 0 fully saturated rings. The first kappa shape index (κ1) is 5.96. The van der Waals surface area contributed by atoms with E-state index in [9.17, 15) is 0 Å². The average molecular weight is 101 g/mol. The number of hydrogen-bond acceptors (Lipinski definition) is 0. The maximum Gasteiger partial charge on any atom is 0.00808 e. The summed E-state index contributed by atoms with van der Waals surface area (Å²) in [5.74, 6) is 0. The Bertz CT molecular complexity index is 51.0. The Kier molecular flexibility index (Phi) is 3.14. The van der Waals surface area contributed by atoms with Gasteiger partial charge < -0.3 is 0 Å². The van der Waals surface area contributed by atoms with E-state index in [1.807, 2.05) is 13.0 Å². The van der Waals surface area contributed by atoms with Crippen molar-refractivity contribution in [2.45, 2.75) is 20.3 Å². The molecule has 0 heterocycles. The van der Waals surface area contributed by atoms with Crippen molar-refractivity contribution in [3.63, 3.8) is 0 Å². The third-order valence-electron chi connectivity index (χ3n) is 0.492. The van der Waals surface area contributed by atoms with E-state index in [2.05, 4.69) is 6.92 Å². The summed E-state index contributed by atoms with van der Waals surface area (Å²) in [4.78, 5) is 0.998. The smallest absolute Gasteiger partial charge is 0.00808 e. The van der Waals surface area contributed by atoms with Gasteiger partial charge in [-0.15, -0.1) is 0 Å². The second kappa shape index (κ2) is 3.16. The summed E-state index contributed by atoms with van der Waals surface area (Å²) in [5, 5.41) is 0. The molecule has 0 amide bonds. The fourth-order valence-corrected chi connectivity index (χ4v) is 0.454. The van der Waals surface area contributed by atoms with Gasteiger partial charge in [0.2, 0.25) is 0 Å². The van der Waals surface area contributed by atoms with E-state index >= 15 is 0 Å². The summed E-state index contributed by atoms with van der Waals surface area (Å²) in [6.45, 7) is 4.01. The van der Waals surface area contributed by atoms with Crippen LogP contribution < -0.4 is 0 Å². The first-order valence-electron chi connectivity index (χ1n) is 2.11. The topological polar surface area (TPSA) is 0 Å². The lowest BCUT2D eigenvalue weighted by Crippen LogP contribution is -1.54. The molecule has 0 rings (SSSR count). The predicted octanol–water partition coefficient (Wildman–Crippen LogP) is 2.50. The molecule has 0 nitrogen and oxygen atoms in total. The van der Waals surface area contributed by atoms with Gasteiger partial charge in [-0.1, -0.05) is 25.6 Å². The highest BCUT2D eigenvalue weighted by Gasteiger charge is 1.70. The Labute approximate surface area is 44.7 Å². The van der Waals surface area contributed by atoms with Gasteiger partial charge >= 0.3 is 0 Å². The maximum absolute atomic E-state index is 4.74. The second-order valence-electron chi connectivity index (χ2n) is 1.22. The van der Waals surface area contributed by atoms with Crippen LogP contribution in [0.4, 0.5) is 0 Å². The average Bonchev–Trinajstić information content (AvgIpc) is 1.35. The van der Waals surface area contributed by atoms with Crippen LogP contribution in [0.2, 0.25) is 0 Å². The first-order chi connectivity index (χ1) is 2.77. The highest BCUT2D eigenvalue weighted by Crippen LogP contribution is 1.96. The van der Waals surface area contributed by atoms with Crippen molar-refractivity contribution in [1.29, 1.82) is 0 Å². The van der Waals surface area contributed by atoms with Gasteiger partial charge in [-0.25, -0.2) is 0 Å². The van der Waals surface area contributed by atoms with Crippen molar-refractivity contribution in [1.82, 2.24) is 0 Å². The quantitative estimate of drug-likeness (QED) is 0.476. The van der Waals surface area contributed by atoms with Crippen LogP contribution >= 0.6 is 12.6 Å². The Balaban J connectivity index is 3.14. The van der Waals surface area contributed by atoms with E-state index in [0.29, 0.717) is 0 Å². The van der Waals surface area contributed by atoms with Gasteiger partial charge in [-0.3, -0.25) is 0 Å². The van der Waals surface area contributed by atoms with Crippen molar-refractivity contribution in [3.05, 3.63) is 11.0 Å². The van der Waals surface area contributed by atoms with E-state index in [4.69, 9.17) is 12.6 Å². The van der Waals surface area contributed by atoms with Gasteiger partial charge in [0.15, 0.2) is 0 Å². The second-order valence-corrected chi connectivity index (χ2v) is 1.87. The van der Waals surface area contributed by atoms with E-state index in [1.165, 1.54) is 0 Å². The van der Waals surface area contributed by atoms with Crippen LogP contribution in [-0.4, -0.2) is 0 Å². The molecule has 0 atom stereocenters. The zero-order valence-electron chi connectivity index (χ0n) is 4.19. The van der Waals surface area contributed by atoms with Gasteiger partial charge in [0, 0.05) is 4.91 Å². The molecule has 0 bridgehead atoms. The number of allylic oxidation sites excluding steroid dienone is 2. The first-order valence-corrected chi connectivity index (χ1v) is 2.52. The molecule has 1 radical (unpaired) electrons. The van der Waals surface area contributed by atoms with Gasteiger partial charge in [0.05, 0.1) is 0 Å². The number of rotatable bonds is 1. The highest BCUT2D eigenvalue weighted by molar-refractivity contribution is 7.84. The van der Waals surface area contributed by atoms with E-state index in [1.54, 1.807) is 0 Å². The molecule has 0 aliphatic rings. The van der Waals surface area contributed by atoms with E-state index < -0.39 is 0 Å². The summed E-state index contributed by atoms with van der Waals surface area (Å²) in [5.41, 5.74) is 0. The fourth-order valence-electron chi connectivity index (χ4n) is 0.287. The van der Waals surface area contributed by atoms with Crippen LogP contribution in [0, 0.1) is 0 Å². The largest absolute Gasteiger partial charge is 0.0856 e. The lowest BCUT2D eigenvalue weighted by atomic mass is 10.4. The predicted molar refractivity (Wildman–Crippen MR) is 31.6 cm³/mol. The third-order valence-corrected chi connectivity index (χ3v) is 0.658. The standard InChI is InChI=1S/C5H9S/c1-3-4-5(2)6/h4H,3H2,1-2H3/b5-4+. The summed E-state index contributed by atoms with van der Waals surface area (Å²) >= 11 is 4.74. The van der Waals surface area contributed by atoms with Crippen LogP contribution in [0.25, 0.3) is 0 Å². The van der Waals surface area contributed by atoms with Gasteiger partial charge in [-0.2, -0.15) is 0 Å². The monoisotopic (exact) mass is 101 g/mol. The van der Waals surface area contributed by atoms with Crippen molar-refractivity contribution >= 4 is 12.6 Å². The maximum atomic E-state index is 4.74. The minimum atomic E-state index is 0.998. The molecular weight excluding hydrogens is 92.1 g/mol. The zero-order chi connectivity index (χ0) is 4.99. The normalized spacial score (nSPS) is 12.0. The molecule has 0 aromatic carbocycles. The Morgan fingerprint density at radius 2 is 2.33 bits per heavy atom. The SMILES string of the molecule is CC/C=C(\C)[S]. The summed E-state index contributed by atoms with van der Waals surface area (Å²) < 4.78 is 0. The van der Waals surface area contributed by atoms with Crippen LogP contribution in [0.1, 0.15) is 20.3 Å². The molecule has 0 saturated carbocycles. The van der Waals surface area contributed by atoms with E-state index in [0.717, 1.165) is 11.3 Å². The van der Waals surface area contributed by atoms with Gasteiger partial charge in [0.25, 0.3) is 0 Å². The fraction of sp³-hybridized carbons (Fsp3) is 0.600. The minimum Gasteiger partial charge on any atom is -0.0856 e. The van der Waals surface area contributed by atoms with Crippen LogP contribution in [0.15, 0.2) is 11.0 Å². The molecular formula is C5H9S. The highest BCUT2D eigenvalue weighted by atomic mass is 32.1. The minimum absolute atomic E-state index is 0.998. The van der Waals surface area contributed by atoms with Crippen molar-refractivity contribution in [3.8, 4) is 0 Å². The Hall–Kier alpha value is -0.0400. The molecule has 0 aromatic rings. The lowest BCUT2D eigenvalue weighted by molar-refractivity contribution is 1.21. The van der Waals surface area contributed by atoms with Crippen LogP contribution in [0.5, 0.6) is 0 Å². The van der Waals surface area contributed by atoms with Crippen LogP contribution in [0.3, 0.4) is 0 Å². The van der Waals surface area contributed by atoms with Crippen LogP contribution in [-0.2, 0) is 0 Å². The molecule has 0 unspecified atom stereocenters. The van der Waals surface area contributed by atoms with Crippen molar-refractivity contribution in [2.24, 2.45) is 0 Å². The molecule has 1 heteroatoms. The van der Waals surface area contributed by atoms with Crippen molar-refractivity contribution < 1.29 is 0 Å². The summed E-state index contributed by atoms with van der Waals surface area (Å²) in [6.07, 6.45) is 3.09. The molecule has 0 aliphatic carbocycles. The molecule has 35 valence electrons. The number of hydrogen-bond donors (Lipinski definition) is 0. The Morgan fingerprint density at radius 3 is 2.33 bits per heavy atom. The molecule has 6 heavy (non-hydrogen) atoms. The molecule has 0 aromatic heterocycles. The Morgan fingerprint density at radius 1 is 1.83 bits per heavy atom. The zero-order valence-corrected chi connectivity index (χ0v) is 5.01. The van der Waals surface area contributed by atoms with Gasteiger partial charge in [-0.05, 0) is 13.3 Å². The summed E-state index contributed by atoms with van der Waals surface area (Å²) in [7, 11) is 0.